The molecule has 2 aromatic carbocycles. The number of benzene rings is 2. The number of rotatable bonds is 5. The third-order valence-corrected chi connectivity index (χ3v) is 3.99. The molecule has 0 atom stereocenters. The molecule has 0 bridgehead atoms. The fourth-order valence-corrected chi connectivity index (χ4v) is 2.89. The van der Waals surface area contributed by atoms with E-state index in [1.807, 2.05) is 6.07 Å². The molecular weight excluding hydrogens is 307 g/mol. The van der Waals surface area contributed by atoms with Crippen molar-refractivity contribution in [1.29, 1.82) is 0 Å². The molecule has 0 heterocycles. The zero-order valence-corrected chi connectivity index (χ0v) is 12.7. The van der Waals surface area contributed by atoms with Crippen LogP contribution in [-0.2, 0) is 14.6 Å². The van der Waals surface area contributed by atoms with Gasteiger partial charge in [0.1, 0.15) is 10.7 Å². The lowest BCUT2D eigenvalue weighted by atomic mass is 10.3. The largest absolute Gasteiger partial charge is 0.375 e. The Morgan fingerprint density at radius 1 is 1.09 bits per heavy atom. The first-order valence-electron chi connectivity index (χ1n) is 6.45. The Labute approximate surface area is 128 Å². The van der Waals surface area contributed by atoms with Crippen LogP contribution in [0.2, 0.25) is 0 Å². The van der Waals surface area contributed by atoms with E-state index in [0.29, 0.717) is 5.69 Å². The van der Waals surface area contributed by atoms with Gasteiger partial charge in [-0.3, -0.25) is 4.79 Å². The topological polar surface area (TPSA) is 75.3 Å². The first-order valence-corrected chi connectivity index (χ1v) is 8.34. The van der Waals surface area contributed by atoms with Crippen molar-refractivity contribution in [2.75, 3.05) is 23.4 Å². The first-order chi connectivity index (χ1) is 10.4. The smallest absolute Gasteiger partial charge is 0.243 e. The van der Waals surface area contributed by atoms with Gasteiger partial charge in [0.25, 0.3) is 0 Å². The number of anilines is 2. The van der Waals surface area contributed by atoms with Crippen LogP contribution in [0.5, 0.6) is 0 Å². The van der Waals surface area contributed by atoms with Crippen molar-refractivity contribution >= 4 is 27.1 Å². The molecule has 0 aliphatic carbocycles. The monoisotopic (exact) mass is 322 g/mol. The maximum absolute atomic E-state index is 13.7. The van der Waals surface area contributed by atoms with Crippen molar-refractivity contribution in [2.24, 2.45) is 0 Å². The molecule has 2 N–H and O–H groups in total. The molecule has 0 aliphatic rings. The molecule has 0 radical (unpaired) electrons. The third kappa shape index (κ3) is 4.05. The van der Waals surface area contributed by atoms with Crippen molar-refractivity contribution in [2.45, 2.75) is 4.90 Å². The van der Waals surface area contributed by atoms with Crippen LogP contribution in [0.4, 0.5) is 15.8 Å². The summed E-state index contributed by atoms with van der Waals surface area (Å²) in [6.07, 6.45) is 0.917. The molecule has 116 valence electrons. The number of carbonyl (C=O) groups is 1. The average molecular weight is 322 g/mol. The highest BCUT2D eigenvalue weighted by molar-refractivity contribution is 7.90. The minimum atomic E-state index is -3.74. The van der Waals surface area contributed by atoms with Crippen molar-refractivity contribution in [3.8, 4) is 0 Å². The van der Waals surface area contributed by atoms with Gasteiger partial charge in [0.2, 0.25) is 5.91 Å². The molecule has 7 heteroatoms. The molecule has 0 aromatic heterocycles. The Balaban J connectivity index is 2.09. The van der Waals surface area contributed by atoms with E-state index in [2.05, 4.69) is 10.6 Å². The maximum atomic E-state index is 13.7. The summed E-state index contributed by atoms with van der Waals surface area (Å²) in [5, 5.41) is 5.29. The Morgan fingerprint density at radius 3 is 2.41 bits per heavy atom. The molecule has 0 spiro atoms. The van der Waals surface area contributed by atoms with Crippen LogP contribution in [0, 0.1) is 5.82 Å². The molecule has 2 rings (SSSR count). The first kappa shape index (κ1) is 16.0. The van der Waals surface area contributed by atoms with Gasteiger partial charge < -0.3 is 10.6 Å². The summed E-state index contributed by atoms with van der Waals surface area (Å²) < 4.78 is 37.0. The van der Waals surface area contributed by atoms with E-state index in [4.69, 9.17) is 0 Å². The summed E-state index contributed by atoms with van der Waals surface area (Å²) in [5.41, 5.74) is 0.683. The highest BCUT2D eigenvalue weighted by atomic mass is 32.2. The molecule has 0 unspecified atom stereocenters. The minimum absolute atomic E-state index is 0.0608. The van der Waals surface area contributed by atoms with Crippen molar-refractivity contribution in [3.05, 3.63) is 54.3 Å². The highest BCUT2D eigenvalue weighted by Crippen LogP contribution is 2.24. The molecule has 5 nitrogen and oxygen atoms in total. The van der Waals surface area contributed by atoms with Gasteiger partial charge >= 0.3 is 0 Å². The third-order valence-electron chi connectivity index (χ3n) is 2.83. The summed E-state index contributed by atoms with van der Waals surface area (Å²) in [4.78, 5) is 11.4. The molecular formula is C15H15FN2O3S. The molecule has 0 saturated carbocycles. The van der Waals surface area contributed by atoms with Gasteiger partial charge in [-0.1, -0.05) is 24.3 Å². The van der Waals surface area contributed by atoms with Gasteiger partial charge in [-0.25, -0.2) is 12.8 Å². The zero-order valence-electron chi connectivity index (χ0n) is 11.8. The Kier molecular flexibility index (Phi) is 4.77. The Hall–Kier alpha value is -2.41. The number of hydrogen-bond donors (Lipinski definition) is 2. The van der Waals surface area contributed by atoms with Crippen LogP contribution in [0.1, 0.15) is 0 Å². The summed E-state index contributed by atoms with van der Waals surface area (Å²) in [6, 6.07) is 12.7. The van der Waals surface area contributed by atoms with E-state index in [1.165, 1.54) is 12.1 Å². The second kappa shape index (κ2) is 6.57. The van der Waals surface area contributed by atoms with E-state index in [-0.39, 0.29) is 18.1 Å². The van der Waals surface area contributed by atoms with Gasteiger partial charge in [-0.15, -0.1) is 0 Å². The number of carbonyl (C=O) groups excluding carboxylic acids is 1. The molecule has 0 saturated heterocycles. The minimum Gasteiger partial charge on any atom is -0.375 e. The second-order valence-electron chi connectivity index (χ2n) is 4.66. The van der Waals surface area contributed by atoms with E-state index in [0.717, 1.165) is 12.3 Å². The molecule has 0 aliphatic heterocycles. The van der Waals surface area contributed by atoms with Crippen LogP contribution in [0.25, 0.3) is 0 Å². The summed E-state index contributed by atoms with van der Waals surface area (Å²) in [7, 11) is -3.74. The lowest BCUT2D eigenvalue weighted by molar-refractivity contribution is -0.114. The number of halogens is 1. The Bertz CT molecular complexity index is 777. The van der Waals surface area contributed by atoms with Crippen molar-refractivity contribution in [3.63, 3.8) is 0 Å². The quantitative estimate of drug-likeness (QED) is 0.885. The highest BCUT2D eigenvalue weighted by Gasteiger charge is 2.18. The van der Waals surface area contributed by atoms with Crippen LogP contribution in [0.3, 0.4) is 0 Å². The number of amides is 1. The Morgan fingerprint density at radius 2 is 1.77 bits per heavy atom. The molecule has 2 aromatic rings. The van der Waals surface area contributed by atoms with Crippen LogP contribution < -0.4 is 10.6 Å². The van der Waals surface area contributed by atoms with Gasteiger partial charge in [0, 0.05) is 11.9 Å². The van der Waals surface area contributed by atoms with E-state index >= 15 is 0 Å². The number of para-hydroxylation sites is 1. The van der Waals surface area contributed by atoms with Gasteiger partial charge in [-0.2, -0.15) is 0 Å². The van der Waals surface area contributed by atoms with Crippen molar-refractivity contribution < 1.29 is 17.6 Å². The fraction of sp³-hybridized carbons (Fsp3) is 0.133. The molecule has 22 heavy (non-hydrogen) atoms. The average Bonchev–Trinajstić information content (AvgIpc) is 2.45. The summed E-state index contributed by atoms with van der Waals surface area (Å²) >= 11 is 0. The fourth-order valence-electron chi connectivity index (χ4n) is 1.93. The lowest BCUT2D eigenvalue weighted by Gasteiger charge is -2.11. The predicted octanol–water partition coefficient (Wildman–Crippen LogP) is 2.28. The molecule has 0 fully saturated rings. The summed E-state index contributed by atoms with van der Waals surface area (Å²) in [5.74, 6) is -1.22. The number of hydrogen-bond acceptors (Lipinski definition) is 4. The van der Waals surface area contributed by atoms with Crippen molar-refractivity contribution in [1.82, 2.24) is 0 Å². The van der Waals surface area contributed by atoms with Crippen LogP contribution >= 0.6 is 0 Å². The lowest BCUT2D eigenvalue weighted by Crippen LogP contribution is -2.22. The number of nitrogens with one attached hydrogen (secondary N) is 2. The standard InChI is InChI=1S/C15H15FN2O3S/c1-22(20,21)15-12(16)8-5-9-13(15)17-10-14(19)18-11-6-3-2-4-7-11/h2-9,17H,10H2,1H3,(H,18,19). The second-order valence-corrected chi connectivity index (χ2v) is 6.61. The van der Waals surface area contributed by atoms with Gasteiger partial charge in [0.15, 0.2) is 9.84 Å². The normalized spacial score (nSPS) is 11.0. The zero-order chi connectivity index (χ0) is 16.2. The maximum Gasteiger partial charge on any atom is 0.243 e. The van der Waals surface area contributed by atoms with Crippen LogP contribution in [0.15, 0.2) is 53.4 Å². The van der Waals surface area contributed by atoms with Crippen LogP contribution in [-0.4, -0.2) is 27.1 Å². The van der Waals surface area contributed by atoms with E-state index < -0.39 is 20.5 Å². The molecule has 1 amide bonds. The predicted molar refractivity (Wildman–Crippen MR) is 83.1 cm³/mol. The van der Waals surface area contributed by atoms with E-state index in [9.17, 15) is 17.6 Å². The SMILES string of the molecule is CS(=O)(=O)c1c(F)cccc1NCC(=O)Nc1ccccc1. The van der Waals surface area contributed by atoms with Gasteiger partial charge in [-0.05, 0) is 24.3 Å². The van der Waals surface area contributed by atoms with Gasteiger partial charge in [0.05, 0.1) is 12.2 Å². The summed E-state index contributed by atoms with van der Waals surface area (Å²) in [6.45, 7) is -0.180. The number of sulfone groups is 1. The van der Waals surface area contributed by atoms with E-state index in [1.54, 1.807) is 24.3 Å².